The zero-order valence-corrected chi connectivity index (χ0v) is 5.43. The lowest BCUT2D eigenvalue weighted by molar-refractivity contribution is -0.164. The van der Waals surface area contributed by atoms with Crippen LogP contribution >= 0.6 is 0 Å². The van der Waals surface area contributed by atoms with Gasteiger partial charge in [-0.15, -0.1) is 0 Å². The molecule has 2 aliphatic heterocycles. The van der Waals surface area contributed by atoms with E-state index >= 15 is 0 Å². The number of hydrogen-bond donors (Lipinski definition) is 2. The van der Waals surface area contributed by atoms with Crippen molar-refractivity contribution in [2.45, 2.75) is 31.0 Å². The molecule has 0 radical (unpaired) electrons. The third-order valence-corrected chi connectivity index (χ3v) is 1.93. The van der Waals surface area contributed by atoms with E-state index in [9.17, 15) is 0 Å². The highest BCUT2D eigenvalue weighted by Gasteiger charge is 2.50. The van der Waals surface area contributed by atoms with Crippen LogP contribution in [0.5, 0.6) is 0 Å². The van der Waals surface area contributed by atoms with E-state index in [1.54, 1.807) is 0 Å². The Kier molecular flexibility index (Phi) is 1.42. The summed E-state index contributed by atoms with van der Waals surface area (Å²) in [6.07, 6.45) is -0.351. The van der Waals surface area contributed by atoms with Crippen LogP contribution in [0, 0.1) is 0 Å². The van der Waals surface area contributed by atoms with E-state index in [-0.39, 0.29) is 24.9 Å². The second kappa shape index (κ2) is 2.17. The number of aliphatic hydroxyl groups excluding tert-OH is 2. The number of ether oxygens (including phenoxy) is 2. The average molecular weight is 146 g/mol. The van der Waals surface area contributed by atoms with Gasteiger partial charge in [0.25, 0.3) is 0 Å². The summed E-state index contributed by atoms with van der Waals surface area (Å²) in [6.45, 7) is -0.0381. The summed E-state index contributed by atoms with van der Waals surface area (Å²) in [4.78, 5) is 0. The molecule has 0 unspecified atom stereocenters. The topological polar surface area (TPSA) is 62.2 Å². The Hall–Kier alpha value is -0.160. The molecule has 10 heavy (non-hydrogen) atoms. The standard InChI is InChI=1S/C6H10O4/c7-2-3-1-4-5(10-4)6(8)9-3/h3-8H,1-2H2/t3-,4-,5+,6-/m0/s1. The van der Waals surface area contributed by atoms with Gasteiger partial charge in [0.2, 0.25) is 0 Å². The van der Waals surface area contributed by atoms with E-state index in [2.05, 4.69) is 0 Å². The normalized spacial score (nSPS) is 52.2. The first-order chi connectivity index (χ1) is 4.81. The first kappa shape index (κ1) is 6.54. The minimum atomic E-state index is -0.823. The Labute approximate surface area is 58.4 Å². The van der Waals surface area contributed by atoms with Crippen molar-refractivity contribution in [3.8, 4) is 0 Å². The van der Waals surface area contributed by atoms with Crippen LogP contribution in [0.4, 0.5) is 0 Å². The zero-order chi connectivity index (χ0) is 7.14. The lowest BCUT2D eigenvalue weighted by Crippen LogP contribution is -2.35. The molecule has 0 bridgehead atoms. The maximum Gasteiger partial charge on any atom is 0.184 e. The third kappa shape index (κ3) is 0.932. The Morgan fingerprint density at radius 3 is 2.80 bits per heavy atom. The molecule has 2 aliphatic rings. The lowest BCUT2D eigenvalue weighted by atomic mass is 10.1. The average Bonchev–Trinajstić information content (AvgIpc) is 2.66. The van der Waals surface area contributed by atoms with E-state index in [0.29, 0.717) is 6.42 Å². The Balaban J connectivity index is 1.93. The Bertz CT molecular complexity index is 138. The molecular weight excluding hydrogens is 136 g/mol. The molecule has 2 heterocycles. The monoisotopic (exact) mass is 146 g/mol. The summed E-state index contributed by atoms with van der Waals surface area (Å²) in [5.74, 6) is 0. The van der Waals surface area contributed by atoms with E-state index in [0.717, 1.165) is 0 Å². The maximum absolute atomic E-state index is 9.06. The molecule has 58 valence electrons. The second-order valence-electron chi connectivity index (χ2n) is 2.71. The highest BCUT2D eigenvalue weighted by molar-refractivity contribution is 4.93. The molecule has 2 N–H and O–H groups in total. The van der Waals surface area contributed by atoms with Crippen molar-refractivity contribution in [1.29, 1.82) is 0 Å². The van der Waals surface area contributed by atoms with Crippen molar-refractivity contribution >= 4 is 0 Å². The van der Waals surface area contributed by atoms with E-state index in [1.807, 2.05) is 0 Å². The van der Waals surface area contributed by atoms with Crippen LogP contribution in [0.1, 0.15) is 6.42 Å². The van der Waals surface area contributed by atoms with Crippen LogP contribution in [0.25, 0.3) is 0 Å². The number of epoxide rings is 1. The molecule has 2 rings (SSSR count). The van der Waals surface area contributed by atoms with Gasteiger partial charge < -0.3 is 19.7 Å². The van der Waals surface area contributed by atoms with Gasteiger partial charge in [0.15, 0.2) is 6.29 Å². The van der Waals surface area contributed by atoms with Crippen LogP contribution in [-0.2, 0) is 9.47 Å². The molecule has 0 amide bonds. The fraction of sp³-hybridized carbons (Fsp3) is 1.00. The molecule has 0 aliphatic carbocycles. The molecule has 2 saturated heterocycles. The second-order valence-corrected chi connectivity index (χ2v) is 2.71. The molecule has 4 nitrogen and oxygen atoms in total. The zero-order valence-electron chi connectivity index (χ0n) is 5.43. The van der Waals surface area contributed by atoms with Gasteiger partial charge >= 0.3 is 0 Å². The summed E-state index contributed by atoms with van der Waals surface area (Å²) in [5, 5.41) is 17.7. The first-order valence-electron chi connectivity index (χ1n) is 3.41. The molecule has 0 aromatic heterocycles. The molecule has 0 saturated carbocycles. The number of rotatable bonds is 1. The van der Waals surface area contributed by atoms with Crippen molar-refractivity contribution in [3.05, 3.63) is 0 Å². The van der Waals surface area contributed by atoms with Crippen molar-refractivity contribution in [1.82, 2.24) is 0 Å². The summed E-state index contributed by atoms with van der Waals surface area (Å²) in [7, 11) is 0. The molecular formula is C6H10O4. The van der Waals surface area contributed by atoms with E-state index < -0.39 is 6.29 Å². The van der Waals surface area contributed by atoms with E-state index in [4.69, 9.17) is 19.7 Å². The number of aliphatic hydroxyl groups is 2. The smallest absolute Gasteiger partial charge is 0.184 e. The SMILES string of the molecule is OC[C@@H]1C[C@@H]2O[C@H]2[C@@H](O)O1. The predicted molar refractivity (Wildman–Crippen MR) is 31.2 cm³/mol. The van der Waals surface area contributed by atoms with Gasteiger partial charge in [0.1, 0.15) is 6.10 Å². The minimum absolute atomic E-state index is 0.0381. The van der Waals surface area contributed by atoms with Crippen LogP contribution in [-0.4, -0.2) is 41.4 Å². The molecule has 2 fully saturated rings. The van der Waals surface area contributed by atoms with Gasteiger partial charge in [0, 0.05) is 6.42 Å². The predicted octanol–water partition coefficient (Wildman–Crippen LogP) is -1.15. The van der Waals surface area contributed by atoms with Gasteiger partial charge in [-0.3, -0.25) is 0 Å². The summed E-state index contributed by atoms with van der Waals surface area (Å²) in [5.41, 5.74) is 0. The maximum atomic E-state index is 9.06. The molecule has 0 aromatic rings. The minimum Gasteiger partial charge on any atom is -0.394 e. The third-order valence-electron chi connectivity index (χ3n) is 1.93. The van der Waals surface area contributed by atoms with Crippen LogP contribution in [0.2, 0.25) is 0 Å². The fourth-order valence-corrected chi connectivity index (χ4v) is 1.30. The van der Waals surface area contributed by atoms with E-state index in [1.165, 1.54) is 0 Å². The first-order valence-corrected chi connectivity index (χ1v) is 3.41. The van der Waals surface area contributed by atoms with Crippen molar-refractivity contribution in [2.24, 2.45) is 0 Å². The van der Waals surface area contributed by atoms with Crippen molar-refractivity contribution in [2.75, 3.05) is 6.61 Å². The fourth-order valence-electron chi connectivity index (χ4n) is 1.30. The molecule has 0 spiro atoms. The number of fused-ring (bicyclic) bond motifs is 1. The van der Waals surface area contributed by atoms with Gasteiger partial charge in [-0.2, -0.15) is 0 Å². The Morgan fingerprint density at radius 2 is 2.20 bits per heavy atom. The Morgan fingerprint density at radius 1 is 1.40 bits per heavy atom. The molecule has 0 aromatic carbocycles. The highest BCUT2D eigenvalue weighted by atomic mass is 16.7. The van der Waals surface area contributed by atoms with Gasteiger partial charge in [0.05, 0.1) is 18.8 Å². The van der Waals surface area contributed by atoms with Crippen molar-refractivity contribution in [3.63, 3.8) is 0 Å². The van der Waals surface area contributed by atoms with Gasteiger partial charge in [-0.05, 0) is 0 Å². The highest BCUT2D eigenvalue weighted by Crippen LogP contribution is 2.35. The molecule has 4 atom stereocenters. The van der Waals surface area contributed by atoms with Gasteiger partial charge in [-0.1, -0.05) is 0 Å². The van der Waals surface area contributed by atoms with Crippen molar-refractivity contribution < 1.29 is 19.7 Å². The van der Waals surface area contributed by atoms with Crippen LogP contribution in [0.15, 0.2) is 0 Å². The lowest BCUT2D eigenvalue weighted by Gasteiger charge is -2.21. The largest absolute Gasteiger partial charge is 0.394 e. The summed E-state index contributed by atoms with van der Waals surface area (Å²) in [6, 6.07) is 0. The summed E-state index contributed by atoms with van der Waals surface area (Å²) < 4.78 is 10.0. The van der Waals surface area contributed by atoms with Crippen LogP contribution in [0.3, 0.4) is 0 Å². The van der Waals surface area contributed by atoms with Crippen LogP contribution < -0.4 is 0 Å². The van der Waals surface area contributed by atoms with Gasteiger partial charge in [-0.25, -0.2) is 0 Å². The number of hydrogen-bond acceptors (Lipinski definition) is 4. The quantitative estimate of drug-likeness (QED) is 0.459. The summed E-state index contributed by atoms with van der Waals surface area (Å²) >= 11 is 0. The molecule has 4 heteroatoms.